The number of methoxy groups -OCH3 is 1. The summed E-state index contributed by atoms with van der Waals surface area (Å²) in [5.74, 6) is -0.577. The van der Waals surface area contributed by atoms with Crippen LogP contribution in [0.25, 0.3) is 0 Å². The van der Waals surface area contributed by atoms with Gasteiger partial charge in [-0.25, -0.2) is 4.79 Å². The number of ether oxygens (including phenoxy) is 1. The topological polar surface area (TPSA) is 111 Å². The van der Waals surface area contributed by atoms with Gasteiger partial charge in [-0.1, -0.05) is 12.8 Å². The van der Waals surface area contributed by atoms with Gasteiger partial charge in [-0.2, -0.15) is 0 Å². The number of hydrogen-bond donors (Lipinski definition) is 3. The fourth-order valence-corrected chi connectivity index (χ4v) is 2.72. The maximum atomic E-state index is 11.5. The van der Waals surface area contributed by atoms with Crippen molar-refractivity contribution >= 4 is 29.7 Å². The van der Waals surface area contributed by atoms with Gasteiger partial charge in [-0.15, -0.1) is 11.8 Å². The van der Waals surface area contributed by atoms with Crippen molar-refractivity contribution in [2.75, 3.05) is 18.6 Å². The Morgan fingerprint density at radius 2 is 2.00 bits per heavy atom. The molecule has 0 aliphatic heterocycles. The largest absolute Gasteiger partial charge is 0.468 e. The number of thioether (sulfide) groups is 1. The third kappa shape index (κ3) is 6.25. The minimum absolute atomic E-state index is 0.0722. The van der Waals surface area contributed by atoms with Crippen LogP contribution in [0.3, 0.4) is 0 Å². The average Bonchev–Trinajstić information content (AvgIpc) is 2.90. The Hall–Kier alpha value is -1.28. The van der Waals surface area contributed by atoms with Crippen LogP contribution in [0, 0.1) is 0 Å². The number of amides is 3. The van der Waals surface area contributed by atoms with Gasteiger partial charge in [0.25, 0.3) is 0 Å². The molecule has 0 radical (unpaired) electrons. The standard InChI is InChI=1S/C12H21N3O4S/c1-19-11(17)9(13)6-20-7-10(16)15-12(18)14-8-4-2-3-5-8/h8-9H,2-7,13H2,1H3,(H2,14,15,16,18). The molecule has 1 atom stereocenters. The third-order valence-electron chi connectivity index (χ3n) is 2.98. The molecule has 8 heteroatoms. The Bertz CT molecular complexity index is 359. The lowest BCUT2D eigenvalue weighted by Crippen LogP contribution is -2.44. The van der Waals surface area contributed by atoms with E-state index in [-0.39, 0.29) is 17.5 Å². The van der Waals surface area contributed by atoms with Crippen molar-refractivity contribution in [1.82, 2.24) is 10.6 Å². The van der Waals surface area contributed by atoms with Crippen LogP contribution >= 0.6 is 11.8 Å². The van der Waals surface area contributed by atoms with E-state index < -0.39 is 23.9 Å². The predicted molar refractivity (Wildman–Crippen MR) is 76.2 cm³/mol. The van der Waals surface area contributed by atoms with Crippen LogP contribution in [-0.4, -0.2) is 48.6 Å². The van der Waals surface area contributed by atoms with E-state index in [1.54, 1.807) is 0 Å². The first kappa shape index (κ1) is 16.8. The van der Waals surface area contributed by atoms with E-state index in [1.807, 2.05) is 0 Å². The predicted octanol–water partition coefficient (Wildman–Crippen LogP) is -0.0117. The van der Waals surface area contributed by atoms with Gasteiger partial charge in [0.1, 0.15) is 6.04 Å². The molecule has 114 valence electrons. The molecule has 0 aromatic carbocycles. The number of urea groups is 1. The van der Waals surface area contributed by atoms with E-state index in [2.05, 4.69) is 15.4 Å². The van der Waals surface area contributed by atoms with Crippen LogP contribution in [0.5, 0.6) is 0 Å². The monoisotopic (exact) mass is 303 g/mol. The zero-order valence-corrected chi connectivity index (χ0v) is 12.3. The summed E-state index contributed by atoms with van der Waals surface area (Å²) in [4.78, 5) is 34.0. The quantitative estimate of drug-likeness (QED) is 0.595. The number of esters is 1. The number of rotatable bonds is 6. The Morgan fingerprint density at radius 1 is 1.35 bits per heavy atom. The van der Waals surface area contributed by atoms with Crippen molar-refractivity contribution in [3.63, 3.8) is 0 Å². The van der Waals surface area contributed by atoms with E-state index in [4.69, 9.17) is 5.73 Å². The van der Waals surface area contributed by atoms with Crippen molar-refractivity contribution in [2.24, 2.45) is 5.73 Å². The molecule has 1 saturated carbocycles. The summed E-state index contributed by atoms with van der Waals surface area (Å²) >= 11 is 1.18. The average molecular weight is 303 g/mol. The molecule has 0 bridgehead atoms. The molecular weight excluding hydrogens is 282 g/mol. The molecule has 7 nitrogen and oxygen atoms in total. The summed E-state index contributed by atoms with van der Waals surface area (Å²) in [7, 11) is 1.26. The van der Waals surface area contributed by atoms with Crippen molar-refractivity contribution in [3.8, 4) is 0 Å². The van der Waals surface area contributed by atoms with E-state index in [0.717, 1.165) is 25.7 Å². The molecule has 0 saturated heterocycles. The lowest BCUT2D eigenvalue weighted by atomic mass is 10.2. The van der Waals surface area contributed by atoms with Crippen molar-refractivity contribution in [2.45, 2.75) is 37.8 Å². The zero-order chi connectivity index (χ0) is 15.0. The first-order chi connectivity index (χ1) is 9.52. The Balaban J connectivity index is 2.13. The van der Waals surface area contributed by atoms with Crippen LogP contribution in [0.1, 0.15) is 25.7 Å². The Kier molecular flexibility index (Phi) is 7.38. The molecule has 4 N–H and O–H groups in total. The molecule has 20 heavy (non-hydrogen) atoms. The van der Waals surface area contributed by atoms with E-state index in [1.165, 1.54) is 18.9 Å². The van der Waals surface area contributed by atoms with Crippen molar-refractivity contribution in [3.05, 3.63) is 0 Å². The van der Waals surface area contributed by atoms with Gasteiger partial charge in [0.2, 0.25) is 5.91 Å². The highest BCUT2D eigenvalue weighted by atomic mass is 32.2. The van der Waals surface area contributed by atoms with Crippen molar-refractivity contribution < 1.29 is 19.1 Å². The van der Waals surface area contributed by atoms with E-state index in [0.29, 0.717) is 0 Å². The molecule has 0 spiro atoms. The minimum atomic E-state index is -0.759. The SMILES string of the molecule is COC(=O)C(N)CSCC(=O)NC(=O)NC1CCCC1. The molecule has 1 aliphatic carbocycles. The molecule has 0 aromatic rings. The summed E-state index contributed by atoms with van der Waals surface area (Å²) in [5, 5.41) is 5.01. The third-order valence-corrected chi connectivity index (χ3v) is 4.04. The second kappa shape index (κ2) is 8.80. The molecule has 3 amide bonds. The molecule has 0 aromatic heterocycles. The van der Waals surface area contributed by atoms with Gasteiger partial charge in [0, 0.05) is 11.8 Å². The number of nitrogens with two attached hydrogens (primary N) is 1. The van der Waals surface area contributed by atoms with Gasteiger partial charge in [0.05, 0.1) is 12.9 Å². The summed E-state index contributed by atoms with van der Waals surface area (Å²) in [5.41, 5.74) is 5.52. The molecular formula is C12H21N3O4S. The van der Waals surface area contributed by atoms with E-state index in [9.17, 15) is 14.4 Å². The number of hydrogen-bond acceptors (Lipinski definition) is 6. The second-order valence-electron chi connectivity index (χ2n) is 4.65. The number of imide groups is 1. The summed E-state index contributed by atoms with van der Waals surface area (Å²) in [6, 6.07) is -1.05. The molecule has 1 unspecified atom stereocenters. The van der Waals surface area contributed by atoms with Gasteiger partial charge in [-0.05, 0) is 12.8 Å². The lowest BCUT2D eigenvalue weighted by molar-refractivity contribution is -0.141. The molecule has 1 rings (SSSR count). The minimum Gasteiger partial charge on any atom is -0.468 e. The zero-order valence-electron chi connectivity index (χ0n) is 11.5. The molecule has 1 aliphatic rings. The van der Waals surface area contributed by atoms with Crippen LogP contribution in [-0.2, 0) is 14.3 Å². The first-order valence-corrected chi connectivity index (χ1v) is 7.70. The van der Waals surface area contributed by atoms with Gasteiger partial charge >= 0.3 is 12.0 Å². The van der Waals surface area contributed by atoms with Gasteiger partial charge in [0.15, 0.2) is 0 Å². The van der Waals surface area contributed by atoms with Crippen LogP contribution < -0.4 is 16.4 Å². The Labute approximate surface area is 122 Å². The van der Waals surface area contributed by atoms with Gasteiger partial charge < -0.3 is 15.8 Å². The second-order valence-corrected chi connectivity index (χ2v) is 5.68. The van der Waals surface area contributed by atoms with Crippen LogP contribution in [0.2, 0.25) is 0 Å². The molecule has 1 fully saturated rings. The van der Waals surface area contributed by atoms with Crippen LogP contribution in [0.15, 0.2) is 0 Å². The highest BCUT2D eigenvalue weighted by molar-refractivity contribution is 8.00. The number of carbonyl (C=O) groups excluding carboxylic acids is 3. The highest BCUT2D eigenvalue weighted by Gasteiger charge is 2.18. The highest BCUT2D eigenvalue weighted by Crippen LogP contribution is 2.17. The molecule has 0 heterocycles. The first-order valence-electron chi connectivity index (χ1n) is 6.54. The van der Waals surface area contributed by atoms with E-state index >= 15 is 0 Å². The maximum Gasteiger partial charge on any atom is 0.323 e. The fraction of sp³-hybridized carbons (Fsp3) is 0.750. The normalized spacial score (nSPS) is 16.5. The number of carbonyl (C=O) groups is 3. The van der Waals surface area contributed by atoms with Crippen LogP contribution in [0.4, 0.5) is 4.79 Å². The smallest absolute Gasteiger partial charge is 0.323 e. The lowest BCUT2D eigenvalue weighted by Gasteiger charge is -2.12. The van der Waals surface area contributed by atoms with Gasteiger partial charge in [-0.3, -0.25) is 14.9 Å². The maximum absolute atomic E-state index is 11.5. The summed E-state index contributed by atoms with van der Waals surface area (Å²) in [6.45, 7) is 0. The number of nitrogens with one attached hydrogen (secondary N) is 2. The van der Waals surface area contributed by atoms with Crippen molar-refractivity contribution in [1.29, 1.82) is 0 Å². The fourth-order valence-electron chi connectivity index (χ4n) is 1.95. The Morgan fingerprint density at radius 3 is 2.60 bits per heavy atom. The summed E-state index contributed by atoms with van der Waals surface area (Å²) in [6.07, 6.45) is 4.15. The summed E-state index contributed by atoms with van der Waals surface area (Å²) < 4.78 is 4.47.